The maximum Gasteiger partial charge on any atom is 0.271 e. The molecule has 1 aliphatic rings. The van der Waals surface area contributed by atoms with E-state index in [0.29, 0.717) is 24.5 Å². The molecule has 4 rings (SSSR count). The van der Waals surface area contributed by atoms with Crippen molar-refractivity contribution in [2.45, 2.75) is 20.3 Å². The molecule has 0 spiro atoms. The Labute approximate surface area is 145 Å². The number of amides is 1. The average molecular weight is 336 g/mol. The Hall–Kier alpha value is -2.89. The van der Waals surface area contributed by atoms with Gasteiger partial charge in [0.15, 0.2) is 11.3 Å². The topological polar surface area (TPSA) is 68.5 Å². The number of nitrogens with one attached hydrogen (secondary N) is 1. The van der Waals surface area contributed by atoms with Crippen LogP contribution in [-0.2, 0) is 6.42 Å². The summed E-state index contributed by atoms with van der Waals surface area (Å²) in [5.74, 6) is 1.03. The highest BCUT2D eigenvalue weighted by Gasteiger charge is 2.21. The molecule has 1 atom stereocenters. The van der Waals surface area contributed by atoms with E-state index in [1.807, 2.05) is 38.1 Å². The summed E-state index contributed by atoms with van der Waals surface area (Å²) < 4.78 is 7.47. The van der Waals surface area contributed by atoms with Crippen molar-refractivity contribution in [2.24, 2.45) is 5.92 Å². The first-order chi connectivity index (χ1) is 12.1. The molecular formula is C19H20N4O2. The molecule has 1 aromatic carbocycles. The van der Waals surface area contributed by atoms with Gasteiger partial charge < -0.3 is 10.1 Å². The maximum absolute atomic E-state index is 12.4. The van der Waals surface area contributed by atoms with Gasteiger partial charge >= 0.3 is 0 Å². The first-order valence-corrected chi connectivity index (χ1v) is 8.43. The lowest BCUT2D eigenvalue weighted by Crippen LogP contribution is -2.35. The molecule has 0 radical (unpaired) electrons. The van der Waals surface area contributed by atoms with Crippen LogP contribution < -0.4 is 10.1 Å². The summed E-state index contributed by atoms with van der Waals surface area (Å²) >= 11 is 0. The lowest BCUT2D eigenvalue weighted by molar-refractivity contribution is 0.0933. The first-order valence-electron chi connectivity index (χ1n) is 8.43. The molecule has 2 aromatic heterocycles. The van der Waals surface area contributed by atoms with Crippen molar-refractivity contribution in [3.8, 4) is 5.75 Å². The van der Waals surface area contributed by atoms with Crippen LogP contribution >= 0.6 is 0 Å². The van der Waals surface area contributed by atoms with Crippen LogP contribution in [0.5, 0.6) is 5.75 Å². The maximum atomic E-state index is 12.4. The van der Waals surface area contributed by atoms with E-state index < -0.39 is 0 Å². The van der Waals surface area contributed by atoms with Gasteiger partial charge in [-0.3, -0.25) is 4.79 Å². The minimum atomic E-state index is -0.179. The highest BCUT2D eigenvalue weighted by molar-refractivity contribution is 5.93. The Kier molecular flexibility index (Phi) is 3.87. The SMILES string of the molecule is Cc1cc(C)n2nc(C(=O)NCC3COc4ccccc4C3)cc2n1. The van der Waals surface area contributed by atoms with Gasteiger partial charge in [-0.2, -0.15) is 5.10 Å². The van der Waals surface area contributed by atoms with Crippen molar-refractivity contribution >= 4 is 11.6 Å². The third kappa shape index (κ3) is 3.07. The zero-order chi connectivity index (χ0) is 17.4. The molecular weight excluding hydrogens is 316 g/mol. The van der Waals surface area contributed by atoms with Crippen molar-refractivity contribution < 1.29 is 9.53 Å². The molecule has 1 unspecified atom stereocenters. The highest BCUT2D eigenvalue weighted by atomic mass is 16.5. The summed E-state index contributed by atoms with van der Waals surface area (Å²) in [6.45, 7) is 5.06. The van der Waals surface area contributed by atoms with Gasteiger partial charge in [-0.1, -0.05) is 18.2 Å². The van der Waals surface area contributed by atoms with E-state index in [1.165, 1.54) is 5.56 Å². The zero-order valence-electron chi connectivity index (χ0n) is 14.3. The Morgan fingerprint density at radius 2 is 2.16 bits per heavy atom. The first kappa shape index (κ1) is 15.6. The van der Waals surface area contributed by atoms with Crippen LogP contribution in [0.3, 0.4) is 0 Å². The molecule has 1 amide bonds. The van der Waals surface area contributed by atoms with Crippen molar-refractivity contribution in [1.29, 1.82) is 0 Å². The quantitative estimate of drug-likeness (QED) is 0.797. The monoisotopic (exact) mass is 336 g/mol. The van der Waals surface area contributed by atoms with Gasteiger partial charge in [0.1, 0.15) is 5.75 Å². The smallest absolute Gasteiger partial charge is 0.271 e. The summed E-state index contributed by atoms with van der Waals surface area (Å²) in [6, 6.07) is 11.7. The molecule has 128 valence electrons. The number of fused-ring (bicyclic) bond motifs is 2. The molecule has 0 saturated carbocycles. The van der Waals surface area contributed by atoms with Crippen molar-refractivity contribution in [1.82, 2.24) is 19.9 Å². The fourth-order valence-corrected chi connectivity index (χ4v) is 3.25. The van der Waals surface area contributed by atoms with Gasteiger partial charge in [0.2, 0.25) is 0 Å². The third-order valence-electron chi connectivity index (χ3n) is 4.47. The predicted molar refractivity (Wildman–Crippen MR) is 93.9 cm³/mol. The van der Waals surface area contributed by atoms with E-state index in [4.69, 9.17) is 4.74 Å². The fraction of sp³-hybridized carbons (Fsp3) is 0.316. The number of carbonyl (C=O) groups excluding carboxylic acids is 1. The average Bonchev–Trinajstić information content (AvgIpc) is 3.04. The van der Waals surface area contributed by atoms with E-state index in [1.54, 1.807) is 10.6 Å². The molecule has 1 aliphatic heterocycles. The molecule has 6 nitrogen and oxygen atoms in total. The number of hydrogen-bond acceptors (Lipinski definition) is 4. The van der Waals surface area contributed by atoms with Crippen LogP contribution in [0.4, 0.5) is 0 Å². The van der Waals surface area contributed by atoms with E-state index >= 15 is 0 Å². The van der Waals surface area contributed by atoms with Crippen LogP contribution in [0.2, 0.25) is 0 Å². The molecule has 6 heteroatoms. The second-order valence-electron chi connectivity index (χ2n) is 6.54. The fourth-order valence-electron chi connectivity index (χ4n) is 3.25. The van der Waals surface area contributed by atoms with Gasteiger partial charge in [-0.25, -0.2) is 9.50 Å². The minimum Gasteiger partial charge on any atom is -0.493 e. The lowest BCUT2D eigenvalue weighted by Gasteiger charge is -2.25. The van der Waals surface area contributed by atoms with Crippen molar-refractivity contribution in [3.63, 3.8) is 0 Å². The lowest BCUT2D eigenvalue weighted by atomic mass is 9.97. The number of nitrogens with zero attached hydrogens (tertiary/aromatic N) is 3. The van der Waals surface area contributed by atoms with E-state index in [2.05, 4.69) is 21.5 Å². The number of hydrogen-bond donors (Lipinski definition) is 1. The van der Waals surface area contributed by atoms with Gasteiger partial charge in [0.05, 0.1) is 6.61 Å². The van der Waals surface area contributed by atoms with Crippen LogP contribution in [0.15, 0.2) is 36.4 Å². The van der Waals surface area contributed by atoms with Gasteiger partial charge in [-0.05, 0) is 38.0 Å². The molecule has 25 heavy (non-hydrogen) atoms. The second kappa shape index (κ2) is 6.20. The number of aryl methyl sites for hydroxylation is 2. The van der Waals surface area contributed by atoms with Crippen LogP contribution in [0.1, 0.15) is 27.4 Å². The van der Waals surface area contributed by atoms with Crippen molar-refractivity contribution in [2.75, 3.05) is 13.2 Å². The number of ether oxygens (including phenoxy) is 1. The largest absolute Gasteiger partial charge is 0.493 e. The van der Waals surface area contributed by atoms with Crippen molar-refractivity contribution in [3.05, 3.63) is 59.0 Å². The number of benzene rings is 1. The Morgan fingerprint density at radius 3 is 3.04 bits per heavy atom. The molecule has 3 heterocycles. The molecule has 1 N–H and O–H groups in total. The molecule has 0 bridgehead atoms. The normalized spacial score (nSPS) is 16.3. The molecule has 0 aliphatic carbocycles. The van der Waals surface area contributed by atoms with Gasteiger partial charge in [0, 0.05) is 29.9 Å². The van der Waals surface area contributed by atoms with Gasteiger partial charge in [0.25, 0.3) is 5.91 Å². The van der Waals surface area contributed by atoms with Crippen LogP contribution in [-0.4, -0.2) is 33.7 Å². The van der Waals surface area contributed by atoms with Gasteiger partial charge in [-0.15, -0.1) is 0 Å². The number of rotatable bonds is 3. The predicted octanol–water partition coefficient (Wildman–Crippen LogP) is 2.33. The molecule has 3 aromatic rings. The number of carbonyl (C=O) groups is 1. The molecule has 0 fully saturated rings. The van der Waals surface area contributed by atoms with E-state index in [0.717, 1.165) is 23.6 Å². The Morgan fingerprint density at radius 1 is 1.32 bits per heavy atom. The van der Waals surface area contributed by atoms with E-state index in [-0.39, 0.29) is 11.8 Å². The minimum absolute atomic E-state index is 0.179. The Bertz CT molecular complexity index is 948. The molecule has 0 saturated heterocycles. The zero-order valence-corrected chi connectivity index (χ0v) is 14.3. The number of para-hydroxylation sites is 1. The standard InChI is InChI=1S/C19H20N4O2/c1-12-7-13(2)23-18(21-12)9-16(22-23)19(24)20-10-14-8-15-5-3-4-6-17(15)25-11-14/h3-7,9,14H,8,10-11H2,1-2H3,(H,20,24). The summed E-state index contributed by atoms with van der Waals surface area (Å²) in [5.41, 5.74) is 4.14. The third-order valence-corrected chi connectivity index (χ3v) is 4.47. The second-order valence-corrected chi connectivity index (χ2v) is 6.54. The summed E-state index contributed by atoms with van der Waals surface area (Å²) in [6.07, 6.45) is 0.904. The summed E-state index contributed by atoms with van der Waals surface area (Å²) in [5, 5.41) is 7.34. The van der Waals surface area contributed by atoms with Crippen LogP contribution in [0.25, 0.3) is 5.65 Å². The number of aromatic nitrogens is 3. The summed E-state index contributed by atoms with van der Waals surface area (Å²) in [7, 11) is 0. The van der Waals surface area contributed by atoms with Crippen LogP contribution in [0, 0.1) is 19.8 Å². The highest BCUT2D eigenvalue weighted by Crippen LogP contribution is 2.26. The summed E-state index contributed by atoms with van der Waals surface area (Å²) in [4.78, 5) is 16.9. The Balaban J connectivity index is 1.44. The van der Waals surface area contributed by atoms with E-state index in [9.17, 15) is 4.79 Å².